The van der Waals surface area contributed by atoms with Crippen molar-refractivity contribution in [2.24, 2.45) is 10.9 Å². The second-order valence-electron chi connectivity index (χ2n) is 3.04. The van der Waals surface area contributed by atoms with Crippen LogP contribution in [0.15, 0.2) is 29.3 Å². The molecule has 0 unspecified atom stereocenters. The summed E-state index contributed by atoms with van der Waals surface area (Å²) in [6, 6.07) is 10.9. The lowest BCUT2D eigenvalue weighted by Crippen LogP contribution is -2.05. The van der Waals surface area contributed by atoms with Crippen LogP contribution in [0.2, 0.25) is 0 Å². The third kappa shape index (κ3) is 3.51. The number of methoxy groups -OCH3 is 1. The maximum atomic E-state index is 8.80. The highest BCUT2D eigenvalue weighted by molar-refractivity contribution is 8.13. The molecule has 0 N–H and O–H groups in total. The van der Waals surface area contributed by atoms with E-state index in [4.69, 9.17) is 15.3 Å². The van der Waals surface area contributed by atoms with Crippen LogP contribution in [0.4, 0.5) is 5.69 Å². The number of nitrogens with zero attached hydrogens (tertiary/aromatic N) is 3. The Morgan fingerprint density at radius 3 is 2.29 bits per heavy atom. The fourth-order valence-electron chi connectivity index (χ4n) is 1.15. The Bertz CT molecular complexity index is 468. The zero-order valence-electron chi connectivity index (χ0n) is 9.54. The minimum absolute atomic E-state index is 0.500. The Hall–Kier alpha value is -1.98. The second kappa shape index (κ2) is 6.57. The summed E-state index contributed by atoms with van der Waals surface area (Å²) in [6.45, 7) is 0. The average molecular weight is 245 g/mol. The summed E-state index contributed by atoms with van der Waals surface area (Å²) in [5.41, 5.74) is 0.700. The highest BCUT2D eigenvalue weighted by atomic mass is 32.2. The molecule has 0 bridgehead atoms. The van der Waals surface area contributed by atoms with Gasteiger partial charge in [-0.3, -0.25) is 0 Å². The number of ether oxygens (including phenoxy) is 1. The zero-order valence-corrected chi connectivity index (χ0v) is 10.4. The van der Waals surface area contributed by atoms with Gasteiger partial charge < -0.3 is 4.74 Å². The molecule has 4 nitrogen and oxygen atoms in total. The number of hydrogen-bond donors (Lipinski definition) is 0. The van der Waals surface area contributed by atoms with Gasteiger partial charge in [-0.05, 0) is 30.5 Å². The van der Waals surface area contributed by atoms with E-state index in [0.717, 1.165) is 5.75 Å². The molecule has 0 spiro atoms. The van der Waals surface area contributed by atoms with Crippen molar-refractivity contribution in [2.75, 3.05) is 13.4 Å². The van der Waals surface area contributed by atoms with E-state index in [2.05, 4.69) is 4.99 Å². The van der Waals surface area contributed by atoms with E-state index in [0.29, 0.717) is 10.7 Å². The lowest BCUT2D eigenvalue weighted by atomic mass is 10.2. The Balaban J connectivity index is 2.99. The lowest BCUT2D eigenvalue weighted by Gasteiger charge is -2.03. The summed E-state index contributed by atoms with van der Waals surface area (Å²) in [6.07, 6.45) is 1.80. The van der Waals surface area contributed by atoms with Crippen LogP contribution in [-0.2, 0) is 0 Å². The van der Waals surface area contributed by atoms with Crippen LogP contribution < -0.4 is 4.74 Å². The molecular formula is C12H11N3OS. The minimum atomic E-state index is -0.813. The van der Waals surface area contributed by atoms with Gasteiger partial charge in [-0.25, -0.2) is 4.99 Å². The van der Waals surface area contributed by atoms with Crippen LogP contribution >= 0.6 is 11.8 Å². The molecule has 1 aromatic rings. The van der Waals surface area contributed by atoms with Crippen LogP contribution in [0, 0.1) is 28.6 Å². The van der Waals surface area contributed by atoms with Crippen molar-refractivity contribution in [2.45, 2.75) is 0 Å². The lowest BCUT2D eigenvalue weighted by molar-refractivity contribution is 0.415. The van der Waals surface area contributed by atoms with Crippen LogP contribution in [-0.4, -0.2) is 18.4 Å². The van der Waals surface area contributed by atoms with Crippen LogP contribution in [0.5, 0.6) is 5.75 Å². The van der Waals surface area contributed by atoms with Crippen molar-refractivity contribution in [3.05, 3.63) is 24.3 Å². The van der Waals surface area contributed by atoms with Crippen LogP contribution in [0.25, 0.3) is 0 Å². The third-order valence-electron chi connectivity index (χ3n) is 2.03. The van der Waals surface area contributed by atoms with Crippen molar-refractivity contribution >= 4 is 22.5 Å². The molecule has 0 aliphatic carbocycles. The van der Waals surface area contributed by atoms with E-state index in [-0.39, 0.29) is 0 Å². The summed E-state index contributed by atoms with van der Waals surface area (Å²) >= 11 is 1.31. The molecule has 0 aliphatic rings. The van der Waals surface area contributed by atoms with Crippen molar-refractivity contribution in [3.8, 4) is 17.9 Å². The van der Waals surface area contributed by atoms with Gasteiger partial charge >= 0.3 is 0 Å². The highest BCUT2D eigenvalue weighted by Crippen LogP contribution is 2.21. The quantitative estimate of drug-likeness (QED) is 0.606. The largest absolute Gasteiger partial charge is 0.497 e. The molecule has 0 saturated heterocycles. The average Bonchev–Trinajstić information content (AvgIpc) is 2.39. The molecule has 5 heteroatoms. The molecule has 0 amide bonds. The standard InChI is InChI=1S/C12H11N3OS/c1-16-11-5-3-10(4-6-11)15-12(17-2)9(7-13)8-14/h3-6,9H,1-2H3. The number of aliphatic imine (C=N–C) groups is 1. The molecule has 0 saturated carbocycles. The molecular weight excluding hydrogens is 234 g/mol. The predicted octanol–water partition coefficient (Wildman–Crippen LogP) is 2.75. The first-order valence-corrected chi connectivity index (χ1v) is 6.03. The van der Waals surface area contributed by atoms with E-state index < -0.39 is 5.92 Å². The van der Waals surface area contributed by atoms with Gasteiger partial charge in [0.1, 0.15) is 10.8 Å². The maximum Gasteiger partial charge on any atom is 0.181 e. The van der Waals surface area contributed by atoms with Crippen LogP contribution in [0.3, 0.4) is 0 Å². The van der Waals surface area contributed by atoms with Crippen LogP contribution in [0.1, 0.15) is 0 Å². The summed E-state index contributed by atoms with van der Waals surface area (Å²) < 4.78 is 5.03. The zero-order chi connectivity index (χ0) is 12.7. The minimum Gasteiger partial charge on any atom is -0.497 e. The highest BCUT2D eigenvalue weighted by Gasteiger charge is 2.13. The van der Waals surface area contributed by atoms with E-state index in [1.807, 2.05) is 12.1 Å². The van der Waals surface area contributed by atoms with Crippen molar-refractivity contribution < 1.29 is 4.74 Å². The van der Waals surface area contributed by atoms with E-state index in [1.54, 1.807) is 37.6 Å². The fraction of sp³-hybridized carbons (Fsp3) is 0.250. The number of nitriles is 2. The van der Waals surface area contributed by atoms with Gasteiger partial charge in [-0.2, -0.15) is 10.5 Å². The molecule has 1 rings (SSSR count). The van der Waals surface area contributed by atoms with Gasteiger partial charge in [0, 0.05) is 0 Å². The number of rotatable bonds is 3. The van der Waals surface area contributed by atoms with Gasteiger partial charge in [-0.15, -0.1) is 11.8 Å². The first kappa shape index (κ1) is 13.1. The summed E-state index contributed by atoms with van der Waals surface area (Å²) in [5.74, 6) is -0.0705. The topological polar surface area (TPSA) is 69.2 Å². The molecule has 0 aliphatic heterocycles. The first-order valence-electron chi connectivity index (χ1n) is 4.81. The Labute approximate surface area is 105 Å². The van der Waals surface area contributed by atoms with Gasteiger partial charge in [-0.1, -0.05) is 0 Å². The molecule has 0 heterocycles. The van der Waals surface area contributed by atoms with E-state index >= 15 is 0 Å². The number of hydrogen-bond acceptors (Lipinski definition) is 5. The fourth-order valence-corrected chi connectivity index (χ4v) is 1.69. The SMILES string of the molecule is COc1ccc(N=C(SC)C(C#N)C#N)cc1. The molecule has 86 valence electrons. The van der Waals surface area contributed by atoms with E-state index in [9.17, 15) is 0 Å². The normalized spacial score (nSPS) is 10.8. The van der Waals surface area contributed by atoms with Crippen molar-refractivity contribution in [1.29, 1.82) is 10.5 Å². The number of benzene rings is 1. The molecule has 17 heavy (non-hydrogen) atoms. The van der Waals surface area contributed by atoms with Gasteiger partial charge in [0.2, 0.25) is 0 Å². The molecule has 0 aromatic heterocycles. The van der Waals surface area contributed by atoms with Crippen molar-refractivity contribution in [1.82, 2.24) is 0 Å². The monoisotopic (exact) mass is 245 g/mol. The molecule has 0 atom stereocenters. The third-order valence-corrected chi connectivity index (χ3v) is 2.77. The first-order chi connectivity index (χ1) is 8.24. The number of thioether (sulfide) groups is 1. The summed E-state index contributed by atoms with van der Waals surface area (Å²) in [4.78, 5) is 4.27. The van der Waals surface area contributed by atoms with Gasteiger partial charge in [0.25, 0.3) is 0 Å². The summed E-state index contributed by atoms with van der Waals surface area (Å²) in [7, 11) is 1.59. The Morgan fingerprint density at radius 2 is 1.88 bits per heavy atom. The van der Waals surface area contributed by atoms with Gasteiger partial charge in [0.15, 0.2) is 5.92 Å². The van der Waals surface area contributed by atoms with Gasteiger partial charge in [0.05, 0.1) is 24.9 Å². The van der Waals surface area contributed by atoms with Crippen molar-refractivity contribution in [3.63, 3.8) is 0 Å². The Morgan fingerprint density at radius 1 is 1.29 bits per heavy atom. The summed E-state index contributed by atoms with van der Waals surface area (Å²) in [5, 5.41) is 18.1. The maximum absolute atomic E-state index is 8.80. The molecule has 1 aromatic carbocycles. The van der Waals surface area contributed by atoms with E-state index in [1.165, 1.54) is 11.8 Å². The Kier molecular flexibility index (Phi) is 5.06. The second-order valence-corrected chi connectivity index (χ2v) is 3.87. The molecule has 0 fully saturated rings. The predicted molar refractivity (Wildman–Crippen MR) is 68.3 cm³/mol. The smallest absolute Gasteiger partial charge is 0.181 e. The molecule has 0 radical (unpaired) electrons.